The fourth-order valence-corrected chi connectivity index (χ4v) is 2.48. The van der Waals surface area contributed by atoms with E-state index in [9.17, 15) is 9.59 Å². The zero-order valence-corrected chi connectivity index (χ0v) is 15.8. The molecule has 23 heavy (non-hydrogen) atoms. The van der Waals surface area contributed by atoms with E-state index in [1.54, 1.807) is 6.92 Å². The Kier molecular flexibility index (Phi) is 12.7. The summed E-state index contributed by atoms with van der Waals surface area (Å²) >= 11 is 0. The summed E-state index contributed by atoms with van der Waals surface area (Å²) in [5.41, 5.74) is 0. The first-order valence-electron chi connectivity index (χ1n) is 9.10. The molecule has 0 heterocycles. The Labute approximate surface area is 142 Å². The van der Waals surface area contributed by atoms with Gasteiger partial charge in [0, 0.05) is 19.5 Å². The maximum Gasteiger partial charge on any atom is 0.307 e. The van der Waals surface area contributed by atoms with Crippen LogP contribution in [0.4, 0.5) is 0 Å². The maximum atomic E-state index is 12.3. The minimum atomic E-state index is -0.224. The third-order valence-corrected chi connectivity index (χ3v) is 3.87. The van der Waals surface area contributed by atoms with Crippen LogP contribution in [0, 0.1) is 5.92 Å². The van der Waals surface area contributed by atoms with E-state index in [0.29, 0.717) is 25.5 Å². The smallest absolute Gasteiger partial charge is 0.307 e. The molecule has 136 valence electrons. The van der Waals surface area contributed by atoms with Gasteiger partial charge in [0.05, 0.1) is 13.0 Å². The van der Waals surface area contributed by atoms with Crippen LogP contribution in [0.1, 0.15) is 60.3 Å². The topological polar surface area (TPSA) is 49.9 Å². The Morgan fingerprint density at radius 3 is 2.09 bits per heavy atom. The van der Waals surface area contributed by atoms with Gasteiger partial charge in [0.15, 0.2) is 0 Å². The van der Waals surface area contributed by atoms with Gasteiger partial charge in [-0.2, -0.15) is 0 Å². The van der Waals surface area contributed by atoms with Crippen LogP contribution in [-0.4, -0.2) is 61.0 Å². The summed E-state index contributed by atoms with van der Waals surface area (Å²) < 4.78 is 4.96. The van der Waals surface area contributed by atoms with Crippen LogP contribution in [0.15, 0.2) is 0 Å². The number of rotatable bonds is 13. The van der Waals surface area contributed by atoms with Gasteiger partial charge in [-0.1, -0.05) is 27.7 Å². The highest BCUT2D eigenvalue weighted by atomic mass is 16.5. The molecule has 1 amide bonds. The van der Waals surface area contributed by atoms with Crippen LogP contribution in [0.5, 0.6) is 0 Å². The molecule has 0 aliphatic carbocycles. The van der Waals surface area contributed by atoms with Crippen LogP contribution in [0.3, 0.4) is 0 Å². The van der Waals surface area contributed by atoms with E-state index in [4.69, 9.17) is 4.74 Å². The van der Waals surface area contributed by atoms with Gasteiger partial charge >= 0.3 is 5.97 Å². The number of carbonyl (C=O) groups excluding carboxylic acids is 2. The lowest BCUT2D eigenvalue weighted by atomic mass is 10.1. The lowest BCUT2D eigenvalue weighted by Gasteiger charge is -2.24. The number of carbonyl (C=O) groups is 2. The van der Waals surface area contributed by atoms with Gasteiger partial charge in [0.1, 0.15) is 0 Å². The molecule has 0 unspecified atom stereocenters. The molecule has 0 radical (unpaired) electrons. The molecule has 0 spiro atoms. The predicted molar refractivity (Wildman–Crippen MR) is 94.3 cm³/mol. The van der Waals surface area contributed by atoms with E-state index >= 15 is 0 Å². The maximum absolute atomic E-state index is 12.3. The number of amides is 1. The Balaban J connectivity index is 4.31. The van der Waals surface area contributed by atoms with Gasteiger partial charge in [-0.25, -0.2) is 0 Å². The number of unbranched alkanes of at least 4 members (excludes halogenated alkanes) is 1. The highest BCUT2D eigenvalue weighted by Crippen LogP contribution is 2.07. The summed E-state index contributed by atoms with van der Waals surface area (Å²) in [7, 11) is 0. The van der Waals surface area contributed by atoms with Crippen molar-refractivity contribution in [3.63, 3.8) is 0 Å². The molecule has 5 heteroatoms. The number of hydrogen-bond donors (Lipinski definition) is 0. The zero-order valence-electron chi connectivity index (χ0n) is 15.8. The van der Waals surface area contributed by atoms with Gasteiger partial charge in [0.2, 0.25) is 5.91 Å². The molecule has 0 saturated carbocycles. The minimum Gasteiger partial charge on any atom is -0.466 e. The molecule has 0 saturated heterocycles. The van der Waals surface area contributed by atoms with Crippen molar-refractivity contribution in [3.05, 3.63) is 0 Å². The summed E-state index contributed by atoms with van der Waals surface area (Å²) in [6, 6.07) is 0. The average Bonchev–Trinajstić information content (AvgIpc) is 2.49. The van der Waals surface area contributed by atoms with Crippen molar-refractivity contribution < 1.29 is 14.3 Å². The quantitative estimate of drug-likeness (QED) is 0.385. The van der Waals surface area contributed by atoms with Crippen molar-refractivity contribution in [1.29, 1.82) is 0 Å². The second-order valence-electron chi connectivity index (χ2n) is 6.27. The molecular weight excluding hydrogens is 292 g/mol. The zero-order chi connectivity index (χ0) is 17.7. The first-order chi connectivity index (χ1) is 10.9. The standard InChI is InChI=1S/C18H36N2O3/c1-6-19(7-2)12-9-10-13-20(17(21)15-16(4)5)14-11-18(22)23-8-3/h16H,6-15H2,1-5H3. The van der Waals surface area contributed by atoms with Gasteiger partial charge in [-0.15, -0.1) is 0 Å². The fourth-order valence-electron chi connectivity index (χ4n) is 2.48. The second kappa shape index (κ2) is 13.3. The highest BCUT2D eigenvalue weighted by molar-refractivity contribution is 5.77. The van der Waals surface area contributed by atoms with Crippen molar-refractivity contribution in [1.82, 2.24) is 9.80 Å². The van der Waals surface area contributed by atoms with Crippen LogP contribution in [-0.2, 0) is 14.3 Å². The van der Waals surface area contributed by atoms with E-state index < -0.39 is 0 Å². The molecule has 0 aliphatic heterocycles. The van der Waals surface area contributed by atoms with E-state index in [1.165, 1.54) is 0 Å². The molecule has 0 bridgehead atoms. The minimum absolute atomic E-state index is 0.145. The first kappa shape index (κ1) is 21.9. The highest BCUT2D eigenvalue weighted by Gasteiger charge is 2.16. The lowest BCUT2D eigenvalue weighted by Crippen LogP contribution is -2.35. The molecule has 5 nitrogen and oxygen atoms in total. The fraction of sp³-hybridized carbons (Fsp3) is 0.889. The van der Waals surface area contributed by atoms with Crippen molar-refractivity contribution in [2.24, 2.45) is 5.92 Å². The summed E-state index contributed by atoms with van der Waals surface area (Å²) in [4.78, 5) is 28.1. The third-order valence-electron chi connectivity index (χ3n) is 3.87. The van der Waals surface area contributed by atoms with Crippen LogP contribution in [0.25, 0.3) is 0 Å². The van der Waals surface area contributed by atoms with Crippen LogP contribution in [0.2, 0.25) is 0 Å². The van der Waals surface area contributed by atoms with Gasteiger partial charge < -0.3 is 14.5 Å². The lowest BCUT2D eigenvalue weighted by molar-refractivity contribution is -0.144. The molecular formula is C18H36N2O3. The predicted octanol–water partition coefficient (Wildman–Crippen LogP) is 2.94. The van der Waals surface area contributed by atoms with Crippen molar-refractivity contribution in [2.45, 2.75) is 60.3 Å². The molecule has 0 atom stereocenters. The summed E-state index contributed by atoms with van der Waals surface area (Å²) in [5, 5.41) is 0. The van der Waals surface area contributed by atoms with Crippen LogP contribution < -0.4 is 0 Å². The largest absolute Gasteiger partial charge is 0.466 e. The number of esters is 1. The molecule has 0 rings (SSSR count). The monoisotopic (exact) mass is 328 g/mol. The number of ether oxygens (including phenoxy) is 1. The Morgan fingerprint density at radius 1 is 0.957 bits per heavy atom. The second-order valence-corrected chi connectivity index (χ2v) is 6.27. The normalized spacial score (nSPS) is 11.1. The molecule has 0 N–H and O–H groups in total. The molecule has 0 fully saturated rings. The van der Waals surface area contributed by atoms with Gasteiger partial charge in [0.25, 0.3) is 0 Å². The molecule has 0 aromatic carbocycles. The summed E-state index contributed by atoms with van der Waals surface area (Å²) in [5.74, 6) is 0.258. The number of hydrogen-bond acceptors (Lipinski definition) is 4. The van der Waals surface area contributed by atoms with E-state index in [0.717, 1.165) is 39.0 Å². The number of nitrogens with zero attached hydrogens (tertiary/aromatic N) is 2. The van der Waals surface area contributed by atoms with Crippen LogP contribution >= 0.6 is 0 Å². The van der Waals surface area contributed by atoms with Crippen molar-refractivity contribution >= 4 is 11.9 Å². The summed E-state index contributed by atoms with van der Waals surface area (Å²) in [6.07, 6.45) is 2.88. The van der Waals surface area contributed by atoms with Crippen molar-refractivity contribution in [2.75, 3.05) is 39.3 Å². The van der Waals surface area contributed by atoms with Crippen molar-refractivity contribution in [3.8, 4) is 0 Å². The van der Waals surface area contributed by atoms with Gasteiger partial charge in [-0.05, 0) is 45.3 Å². The molecule has 0 aliphatic rings. The average molecular weight is 328 g/mol. The third kappa shape index (κ3) is 11.1. The van der Waals surface area contributed by atoms with E-state index in [-0.39, 0.29) is 18.3 Å². The van der Waals surface area contributed by atoms with Gasteiger partial charge in [-0.3, -0.25) is 9.59 Å². The Morgan fingerprint density at radius 2 is 1.57 bits per heavy atom. The molecule has 0 aromatic rings. The Bertz CT molecular complexity index is 328. The van der Waals surface area contributed by atoms with E-state index in [1.807, 2.05) is 18.7 Å². The SMILES string of the molecule is CCOC(=O)CCN(CCCCN(CC)CC)C(=O)CC(C)C. The Hall–Kier alpha value is -1.10. The van der Waals surface area contributed by atoms with E-state index in [2.05, 4.69) is 18.7 Å². The molecule has 0 aromatic heterocycles. The first-order valence-corrected chi connectivity index (χ1v) is 9.10. The summed E-state index contributed by atoms with van der Waals surface area (Å²) in [6.45, 7) is 15.0.